The highest BCUT2D eigenvalue weighted by atomic mass is 16.4. The second-order valence-electron chi connectivity index (χ2n) is 14.1. The molecule has 0 aliphatic rings. The summed E-state index contributed by atoms with van der Waals surface area (Å²) in [7, 11) is 0. The summed E-state index contributed by atoms with van der Waals surface area (Å²) in [6.45, 7) is 12.9. The van der Waals surface area contributed by atoms with Crippen LogP contribution in [0.2, 0.25) is 0 Å². The number of amides is 5. The Morgan fingerprint density at radius 1 is 0.736 bits per heavy atom. The van der Waals surface area contributed by atoms with Crippen LogP contribution >= 0.6 is 0 Å². The van der Waals surface area contributed by atoms with E-state index in [-0.39, 0.29) is 63.0 Å². The molecule has 0 radical (unpaired) electrons. The summed E-state index contributed by atoms with van der Waals surface area (Å²) in [5.41, 5.74) is 0.780. The number of benzene rings is 1. The minimum Gasteiger partial charge on any atom is -0.481 e. The van der Waals surface area contributed by atoms with Gasteiger partial charge in [-0.05, 0) is 54.7 Å². The van der Waals surface area contributed by atoms with Crippen LogP contribution in [0.15, 0.2) is 24.3 Å². The van der Waals surface area contributed by atoms with Gasteiger partial charge in [0.15, 0.2) is 0 Å². The zero-order valence-corrected chi connectivity index (χ0v) is 31.5. The van der Waals surface area contributed by atoms with Gasteiger partial charge in [-0.1, -0.05) is 80.9 Å². The Kier molecular flexibility index (Phi) is 22.6. The van der Waals surface area contributed by atoms with Crippen molar-refractivity contribution < 1.29 is 48.9 Å². The fourth-order valence-corrected chi connectivity index (χ4v) is 5.43. The average molecular weight is 750 g/mol. The lowest BCUT2D eigenvalue weighted by Gasteiger charge is -2.30. The number of aliphatic carboxylic acids is 1. The minimum atomic E-state index is -1.33. The fourth-order valence-electron chi connectivity index (χ4n) is 5.43. The molecule has 0 unspecified atom stereocenters. The molecular weight excluding hydrogens is 686 g/mol. The summed E-state index contributed by atoms with van der Waals surface area (Å²) in [6.07, 6.45) is -0.233. The first-order valence-corrected chi connectivity index (χ1v) is 18.1. The number of aliphatic hydroxyl groups excluding tert-OH is 1. The van der Waals surface area contributed by atoms with Gasteiger partial charge in [0.2, 0.25) is 29.5 Å². The van der Waals surface area contributed by atoms with E-state index in [9.17, 15) is 38.7 Å². The lowest BCUT2D eigenvalue weighted by atomic mass is 9.95. The first-order chi connectivity index (χ1) is 24.4. The summed E-state index contributed by atoms with van der Waals surface area (Å²) in [6, 6.07) is 2.25. The summed E-state index contributed by atoms with van der Waals surface area (Å²) < 4.78 is 0. The van der Waals surface area contributed by atoms with Crippen LogP contribution in [0.1, 0.15) is 123 Å². The Bertz CT molecular complexity index is 1350. The molecule has 0 spiro atoms. The van der Waals surface area contributed by atoms with Gasteiger partial charge in [-0.25, -0.2) is 4.79 Å². The van der Waals surface area contributed by atoms with Crippen molar-refractivity contribution in [2.75, 3.05) is 0 Å². The third kappa shape index (κ3) is 18.2. The van der Waals surface area contributed by atoms with Crippen molar-refractivity contribution in [2.24, 2.45) is 17.8 Å². The summed E-state index contributed by atoms with van der Waals surface area (Å²) in [4.78, 5) is 87.6. The third-order valence-electron chi connectivity index (χ3n) is 8.66. The van der Waals surface area contributed by atoms with Crippen molar-refractivity contribution in [1.29, 1.82) is 0 Å². The van der Waals surface area contributed by atoms with Crippen LogP contribution in [0.25, 0.3) is 0 Å². The molecule has 5 amide bonds. The van der Waals surface area contributed by atoms with Crippen molar-refractivity contribution >= 4 is 41.5 Å². The Morgan fingerprint density at radius 3 is 1.85 bits per heavy atom. The van der Waals surface area contributed by atoms with E-state index in [4.69, 9.17) is 10.2 Å². The number of nitrogens with one attached hydrogen (secondary N) is 5. The van der Waals surface area contributed by atoms with Crippen molar-refractivity contribution in [2.45, 2.75) is 144 Å². The number of carbonyl (C=O) groups excluding carboxylic acids is 5. The van der Waals surface area contributed by atoms with Crippen LogP contribution in [0.3, 0.4) is 0 Å². The number of aromatic carboxylic acids is 1. The van der Waals surface area contributed by atoms with E-state index in [1.807, 2.05) is 27.7 Å². The number of hydrogen-bond donors (Lipinski definition) is 8. The number of aliphatic hydroxyl groups is 1. The Morgan fingerprint density at radius 2 is 1.34 bits per heavy atom. The van der Waals surface area contributed by atoms with Crippen molar-refractivity contribution in [3.63, 3.8) is 0 Å². The molecule has 15 nitrogen and oxygen atoms in total. The normalized spacial score (nSPS) is 14.4. The van der Waals surface area contributed by atoms with E-state index >= 15 is 0 Å². The molecule has 0 fully saturated rings. The number of carbonyl (C=O) groups is 7. The molecule has 0 aliphatic heterocycles. The van der Waals surface area contributed by atoms with Gasteiger partial charge in [-0.15, -0.1) is 0 Å². The summed E-state index contributed by atoms with van der Waals surface area (Å²) in [5.74, 6) is -5.35. The first-order valence-electron chi connectivity index (χ1n) is 18.1. The van der Waals surface area contributed by atoms with Gasteiger partial charge in [0.1, 0.15) is 18.1 Å². The molecule has 53 heavy (non-hydrogen) atoms. The van der Waals surface area contributed by atoms with Gasteiger partial charge in [0.25, 0.3) is 0 Å². The number of carboxylic acids is 2. The molecule has 1 aromatic rings. The molecule has 6 atom stereocenters. The molecule has 1 rings (SSSR count). The lowest BCUT2D eigenvalue weighted by molar-refractivity contribution is -0.137. The fraction of sp³-hybridized carbons (Fsp3) is 0.658. The van der Waals surface area contributed by atoms with Crippen molar-refractivity contribution in [1.82, 2.24) is 26.6 Å². The second kappa shape index (κ2) is 24.7. The zero-order chi connectivity index (χ0) is 39.5. The molecule has 1 aromatic carbocycles. The quantitative estimate of drug-likeness (QED) is 0.0768. The Balaban J connectivity index is 0.0000270. The smallest absolute Gasteiger partial charge is 0.335 e. The van der Waals surface area contributed by atoms with Gasteiger partial charge in [0, 0.05) is 19.4 Å². The summed E-state index contributed by atoms with van der Waals surface area (Å²) >= 11 is 0. The minimum absolute atomic E-state index is 0. The van der Waals surface area contributed by atoms with Crippen LogP contribution in [0.4, 0.5) is 0 Å². The van der Waals surface area contributed by atoms with E-state index in [1.54, 1.807) is 32.9 Å². The second-order valence-corrected chi connectivity index (χ2v) is 14.1. The molecule has 0 aliphatic carbocycles. The van der Waals surface area contributed by atoms with E-state index in [1.165, 1.54) is 12.1 Å². The van der Waals surface area contributed by atoms with Crippen LogP contribution < -0.4 is 26.6 Å². The maximum absolute atomic E-state index is 13.6. The van der Waals surface area contributed by atoms with Gasteiger partial charge in [-0.2, -0.15) is 0 Å². The van der Waals surface area contributed by atoms with Crippen LogP contribution in [0, 0.1) is 17.8 Å². The highest BCUT2D eigenvalue weighted by Crippen LogP contribution is 2.15. The van der Waals surface area contributed by atoms with Crippen molar-refractivity contribution in [3.8, 4) is 0 Å². The monoisotopic (exact) mass is 749 g/mol. The maximum atomic E-state index is 13.6. The molecular formula is C38H63N5O10. The standard InChI is InChI=1S/C37H59N5O10.CH4/c1-8-11-26(39-36(50)33(23(7)9-2)41-29(44)12-10-13-31(46)47)34(48)40-27(18-21(3)4)28(43)19-30(45)42-32(22(5)6)35(49)38-20-24-14-16-25(17-15-24)37(51)52;/h14-17,21-23,26-28,32-33,43H,8-13,18-20H2,1-7H3,(H,38,49)(H,39,50)(H,40,48)(H,41,44)(H,42,45)(H,46,47)(H,51,52);1H4/t23-,26-,27-,28-,32-,33-;/m0./s1. The van der Waals surface area contributed by atoms with Gasteiger partial charge >= 0.3 is 11.9 Å². The molecule has 15 heteroatoms. The predicted octanol–water partition coefficient (Wildman–Crippen LogP) is 3.13. The maximum Gasteiger partial charge on any atom is 0.335 e. The lowest BCUT2D eigenvalue weighted by Crippen LogP contribution is -2.58. The topological polar surface area (TPSA) is 240 Å². The Hall–Kier alpha value is -4.53. The number of hydrogen-bond acceptors (Lipinski definition) is 8. The molecule has 0 heterocycles. The molecule has 0 aromatic heterocycles. The predicted molar refractivity (Wildman–Crippen MR) is 200 cm³/mol. The molecule has 0 saturated heterocycles. The van der Waals surface area contributed by atoms with Crippen LogP contribution in [-0.4, -0.2) is 87.1 Å². The van der Waals surface area contributed by atoms with Gasteiger partial charge in [0.05, 0.1) is 24.1 Å². The van der Waals surface area contributed by atoms with E-state index < -0.39 is 78.2 Å². The van der Waals surface area contributed by atoms with Crippen molar-refractivity contribution in [3.05, 3.63) is 35.4 Å². The Labute approximate surface area is 313 Å². The number of carboxylic acid groups (broad SMARTS) is 2. The van der Waals surface area contributed by atoms with E-state index in [0.29, 0.717) is 24.8 Å². The first kappa shape index (κ1) is 48.5. The van der Waals surface area contributed by atoms with E-state index in [0.717, 1.165) is 0 Å². The highest BCUT2D eigenvalue weighted by molar-refractivity contribution is 5.92. The summed E-state index contributed by atoms with van der Waals surface area (Å²) in [5, 5.41) is 42.8. The molecule has 8 N–H and O–H groups in total. The van der Waals surface area contributed by atoms with E-state index in [2.05, 4.69) is 26.6 Å². The van der Waals surface area contributed by atoms with Gasteiger partial charge in [-0.3, -0.25) is 28.8 Å². The largest absolute Gasteiger partial charge is 0.481 e. The average Bonchev–Trinajstić information content (AvgIpc) is 3.07. The van der Waals surface area contributed by atoms with Gasteiger partial charge < -0.3 is 41.9 Å². The molecule has 0 bridgehead atoms. The van der Waals surface area contributed by atoms with Crippen LogP contribution in [-0.2, 0) is 35.3 Å². The molecule has 0 saturated carbocycles. The SMILES string of the molecule is C.CCC[C@H](NC(=O)[C@@H](NC(=O)CCCC(=O)O)[C@@H](C)CC)C(=O)N[C@@H](CC(C)C)[C@@H](O)CC(=O)N[C@H](C(=O)NCc1ccc(C(=O)O)cc1)C(C)C. The number of rotatable bonds is 24. The third-order valence-corrected chi connectivity index (χ3v) is 8.66. The highest BCUT2D eigenvalue weighted by Gasteiger charge is 2.33. The zero-order valence-electron chi connectivity index (χ0n) is 31.5. The molecule has 300 valence electrons. The van der Waals surface area contributed by atoms with Crippen LogP contribution in [0.5, 0.6) is 0 Å².